The molecule has 0 aromatic rings. The first-order valence-electron chi connectivity index (χ1n) is 0.783. The SMILES string of the molecule is N.O.O.O.O.O.O.O=P(O)(O)O.[H-].[H-].[Mg+2]. The van der Waals surface area contributed by atoms with Crippen LogP contribution in [-0.2, 0) is 4.57 Å². The van der Waals surface area contributed by atoms with Crippen LogP contribution in [0.15, 0.2) is 0 Å². The van der Waals surface area contributed by atoms with E-state index < -0.39 is 7.82 Å². The largest absolute Gasteiger partial charge is 2.00 e. The molecule has 0 aliphatic heterocycles. The van der Waals surface area contributed by atoms with E-state index in [1.165, 1.54) is 0 Å². The number of hydrogen-bond donors (Lipinski definition) is 4. The van der Waals surface area contributed by atoms with Crippen LogP contribution in [0.3, 0.4) is 0 Å². The molecule has 0 amide bonds. The van der Waals surface area contributed by atoms with Gasteiger partial charge in [-0.15, -0.1) is 0 Å². The molecule has 0 aromatic carbocycles. The summed E-state index contributed by atoms with van der Waals surface area (Å²) < 4.78 is 8.88. The minimum atomic E-state index is -4.64. The topological polar surface area (TPSA) is 302 Å². The fourth-order valence-corrected chi connectivity index (χ4v) is 0. The zero-order chi connectivity index (χ0) is 4.50. The summed E-state index contributed by atoms with van der Waals surface area (Å²) in [7, 11) is -4.64. The summed E-state index contributed by atoms with van der Waals surface area (Å²) in [5.74, 6) is 0. The first-order chi connectivity index (χ1) is 2.00. The number of rotatable bonds is 0. The molecule has 0 aliphatic rings. The summed E-state index contributed by atoms with van der Waals surface area (Å²) in [5.41, 5.74) is 0. The third kappa shape index (κ3) is 3980. The maximum atomic E-state index is 8.88. The van der Waals surface area contributed by atoms with Crippen LogP contribution in [0.1, 0.15) is 2.85 Å². The zero-order valence-electron chi connectivity index (χ0n) is 8.61. The van der Waals surface area contributed by atoms with Gasteiger partial charge in [0.15, 0.2) is 0 Å². The molecule has 92 valence electrons. The van der Waals surface area contributed by atoms with Gasteiger partial charge < -0.3 is 56.5 Å². The summed E-state index contributed by atoms with van der Waals surface area (Å²) in [6.07, 6.45) is 0. The second-order valence-corrected chi connectivity index (χ2v) is 1.54. The molecule has 0 saturated heterocycles. The standard InChI is InChI=1S/Mg.H3N.H3O4P.6H2O.2H/c;;1-5(2,3)4;;;;;;;;/h;1H3;(H3,1,2,3,4);6*1H2;;/q+2;;;;;;;;;2*-1. The molecule has 11 nitrogen and oxygen atoms in total. The van der Waals surface area contributed by atoms with E-state index in [-0.39, 0.29) is 64.9 Å². The van der Waals surface area contributed by atoms with E-state index in [1.807, 2.05) is 0 Å². The molecule has 0 unspecified atom stereocenters. The molecule has 0 aliphatic carbocycles. The Morgan fingerprint density at radius 1 is 0.769 bits per heavy atom. The molecular formula is H20MgNO10P. The Bertz CT molecular complexity index is 69.6. The maximum absolute atomic E-state index is 8.88. The van der Waals surface area contributed by atoms with Gasteiger partial charge in [-0.05, 0) is 0 Å². The molecular weight excluding hydrogens is 229 g/mol. The maximum Gasteiger partial charge on any atom is 2.00 e. The van der Waals surface area contributed by atoms with Crippen molar-refractivity contribution < 1.29 is 55.0 Å². The van der Waals surface area contributed by atoms with Crippen LogP contribution in [0.5, 0.6) is 0 Å². The predicted octanol–water partition coefficient (Wildman–Crippen LogP) is -5.87. The van der Waals surface area contributed by atoms with Gasteiger partial charge in [-0.3, -0.25) is 0 Å². The average Bonchev–Trinajstić information content (AvgIpc) is 0.722. The molecule has 13 heavy (non-hydrogen) atoms. The second-order valence-electron chi connectivity index (χ2n) is 0.513. The van der Waals surface area contributed by atoms with Crippen molar-refractivity contribution in [2.45, 2.75) is 0 Å². The van der Waals surface area contributed by atoms with Gasteiger partial charge in [0.1, 0.15) is 0 Å². The fraction of sp³-hybridized carbons (Fsp3) is 0. The second kappa shape index (κ2) is 38.9. The minimum Gasteiger partial charge on any atom is -1.00 e. The first kappa shape index (κ1) is 102. The van der Waals surface area contributed by atoms with Crippen LogP contribution in [0, 0.1) is 0 Å². The molecule has 0 rings (SSSR count). The van der Waals surface area contributed by atoms with Gasteiger partial charge in [-0.2, -0.15) is 0 Å². The van der Waals surface area contributed by atoms with E-state index in [2.05, 4.69) is 0 Å². The van der Waals surface area contributed by atoms with E-state index in [0.29, 0.717) is 0 Å². The molecule has 0 aromatic heterocycles. The Kier molecular flexibility index (Phi) is 306. The van der Waals surface area contributed by atoms with Crippen molar-refractivity contribution in [2.24, 2.45) is 0 Å². The zero-order valence-corrected chi connectivity index (χ0v) is 8.92. The normalized spacial score (nSPS) is 4.54. The molecule has 0 atom stereocenters. The van der Waals surface area contributed by atoms with E-state index in [4.69, 9.17) is 19.2 Å². The van der Waals surface area contributed by atoms with Gasteiger partial charge in [0.05, 0.1) is 0 Å². The van der Waals surface area contributed by atoms with Crippen molar-refractivity contribution in [3.05, 3.63) is 0 Å². The van der Waals surface area contributed by atoms with Crippen molar-refractivity contribution in [2.75, 3.05) is 0 Å². The molecule has 18 N–H and O–H groups in total. The quantitative estimate of drug-likeness (QED) is 0.240. The van der Waals surface area contributed by atoms with Gasteiger partial charge in [0.2, 0.25) is 0 Å². The van der Waals surface area contributed by atoms with E-state index in [1.54, 1.807) is 0 Å². The molecule has 0 heterocycles. The third-order valence-corrected chi connectivity index (χ3v) is 0. The molecule has 0 saturated carbocycles. The Hall–Kier alpha value is 0.596. The summed E-state index contributed by atoms with van der Waals surface area (Å²) >= 11 is 0. The third-order valence-electron chi connectivity index (χ3n) is 0. The van der Waals surface area contributed by atoms with Crippen LogP contribution in [0.25, 0.3) is 0 Å². The van der Waals surface area contributed by atoms with E-state index >= 15 is 0 Å². The summed E-state index contributed by atoms with van der Waals surface area (Å²) in [6.45, 7) is 0. The molecule has 0 bridgehead atoms. The van der Waals surface area contributed by atoms with Crippen LogP contribution in [0.4, 0.5) is 0 Å². The predicted molar refractivity (Wildman–Crippen MR) is 48.9 cm³/mol. The number of hydrogen-bond acceptors (Lipinski definition) is 2. The summed E-state index contributed by atoms with van der Waals surface area (Å²) in [6, 6.07) is 0. The van der Waals surface area contributed by atoms with E-state index in [0.717, 1.165) is 0 Å². The fourth-order valence-electron chi connectivity index (χ4n) is 0. The van der Waals surface area contributed by atoms with Gasteiger partial charge in [0.25, 0.3) is 0 Å². The Labute approximate surface area is 92.6 Å². The van der Waals surface area contributed by atoms with Crippen LogP contribution in [0.2, 0.25) is 0 Å². The van der Waals surface area contributed by atoms with Crippen molar-refractivity contribution in [1.29, 1.82) is 0 Å². The molecule has 0 spiro atoms. The Balaban J connectivity index is -0.00000000178. The van der Waals surface area contributed by atoms with Gasteiger partial charge in [0, 0.05) is 0 Å². The van der Waals surface area contributed by atoms with Crippen LogP contribution >= 0.6 is 7.82 Å². The van der Waals surface area contributed by atoms with Crippen molar-refractivity contribution in [3.63, 3.8) is 0 Å². The smallest absolute Gasteiger partial charge is 1.00 e. The minimum absolute atomic E-state index is 0. The molecule has 0 radical (unpaired) electrons. The van der Waals surface area contributed by atoms with Crippen molar-refractivity contribution in [1.82, 2.24) is 6.15 Å². The van der Waals surface area contributed by atoms with Crippen molar-refractivity contribution >= 4 is 30.9 Å². The molecule has 0 fully saturated rings. The summed E-state index contributed by atoms with van der Waals surface area (Å²) in [4.78, 5) is 21.6. The van der Waals surface area contributed by atoms with Gasteiger partial charge in [-0.25, -0.2) is 4.57 Å². The Morgan fingerprint density at radius 2 is 0.769 bits per heavy atom. The van der Waals surface area contributed by atoms with Gasteiger partial charge in [-0.1, -0.05) is 0 Å². The number of phosphoric acid groups is 1. The Morgan fingerprint density at radius 3 is 0.769 bits per heavy atom. The van der Waals surface area contributed by atoms with Crippen LogP contribution in [-0.4, -0.2) is 70.6 Å². The monoisotopic (exact) mass is 249 g/mol. The van der Waals surface area contributed by atoms with E-state index in [9.17, 15) is 0 Å². The van der Waals surface area contributed by atoms with Crippen LogP contribution < -0.4 is 6.15 Å². The summed E-state index contributed by atoms with van der Waals surface area (Å²) in [5, 5.41) is 0. The van der Waals surface area contributed by atoms with Crippen molar-refractivity contribution in [3.8, 4) is 0 Å². The van der Waals surface area contributed by atoms with Gasteiger partial charge >= 0.3 is 30.9 Å². The average molecular weight is 249 g/mol. The first-order valence-corrected chi connectivity index (χ1v) is 2.35. The molecule has 13 heteroatoms.